The first-order valence-electron chi connectivity index (χ1n) is 8.29. The van der Waals surface area contributed by atoms with Crippen molar-refractivity contribution in [2.24, 2.45) is 0 Å². The van der Waals surface area contributed by atoms with Crippen LogP contribution in [0.4, 0.5) is 0 Å². The number of hydrogen-bond acceptors (Lipinski definition) is 4. The minimum Gasteiger partial charge on any atom is -0.348 e. The zero-order valence-electron chi connectivity index (χ0n) is 13.7. The zero-order chi connectivity index (χ0) is 16.9. The molecule has 1 amide bonds. The number of benzene rings is 1. The minimum atomic E-state index is -0.169. The quantitative estimate of drug-likeness (QED) is 0.820. The van der Waals surface area contributed by atoms with Crippen LogP contribution in [0.15, 0.2) is 34.9 Å². The van der Waals surface area contributed by atoms with Crippen molar-refractivity contribution in [2.75, 3.05) is 13.1 Å². The van der Waals surface area contributed by atoms with Crippen molar-refractivity contribution in [1.82, 2.24) is 25.6 Å². The van der Waals surface area contributed by atoms with E-state index in [1.165, 1.54) is 5.56 Å². The van der Waals surface area contributed by atoms with Crippen molar-refractivity contribution >= 4 is 21.8 Å². The third-order valence-electron chi connectivity index (χ3n) is 4.23. The first kappa shape index (κ1) is 17.1. The van der Waals surface area contributed by atoms with Gasteiger partial charge in [-0.3, -0.25) is 4.79 Å². The molecule has 0 spiro atoms. The standard InChI is InChI=1S/C17H22BrN5O/c1-12(9-13-3-2-4-14(18)10-13)20-17(24)16-11-23(22-21-16)15-5-7-19-8-6-15/h2-4,10-12,15,19H,5-9H2,1H3,(H,20,24). The van der Waals surface area contributed by atoms with Crippen molar-refractivity contribution in [3.63, 3.8) is 0 Å². The molecule has 0 radical (unpaired) electrons. The molecule has 2 aromatic rings. The molecule has 6 nitrogen and oxygen atoms in total. The maximum atomic E-state index is 12.4. The number of nitrogens with zero attached hydrogens (tertiary/aromatic N) is 3. The van der Waals surface area contributed by atoms with Gasteiger partial charge in [-0.25, -0.2) is 4.68 Å². The van der Waals surface area contributed by atoms with E-state index >= 15 is 0 Å². The Balaban J connectivity index is 1.57. The van der Waals surface area contributed by atoms with Gasteiger partial charge in [0.2, 0.25) is 0 Å². The number of piperidine rings is 1. The Bertz CT molecular complexity index is 696. The van der Waals surface area contributed by atoms with Crippen molar-refractivity contribution in [2.45, 2.75) is 38.3 Å². The maximum absolute atomic E-state index is 12.4. The molecule has 0 aliphatic carbocycles. The Hall–Kier alpha value is -1.73. The lowest BCUT2D eigenvalue weighted by Gasteiger charge is -2.22. The summed E-state index contributed by atoms with van der Waals surface area (Å²) in [5.74, 6) is -0.169. The highest BCUT2D eigenvalue weighted by Gasteiger charge is 2.19. The highest BCUT2D eigenvalue weighted by Crippen LogP contribution is 2.17. The van der Waals surface area contributed by atoms with Crippen molar-refractivity contribution in [1.29, 1.82) is 0 Å². The fraction of sp³-hybridized carbons (Fsp3) is 0.471. The van der Waals surface area contributed by atoms with Gasteiger partial charge >= 0.3 is 0 Å². The van der Waals surface area contributed by atoms with Gasteiger partial charge in [0.25, 0.3) is 5.91 Å². The van der Waals surface area contributed by atoms with E-state index < -0.39 is 0 Å². The summed E-state index contributed by atoms with van der Waals surface area (Å²) in [4.78, 5) is 12.4. The summed E-state index contributed by atoms with van der Waals surface area (Å²) >= 11 is 3.47. The smallest absolute Gasteiger partial charge is 0.273 e. The third-order valence-corrected chi connectivity index (χ3v) is 4.73. The average Bonchev–Trinajstić information content (AvgIpc) is 3.05. The fourth-order valence-electron chi connectivity index (χ4n) is 3.00. The van der Waals surface area contributed by atoms with Crippen LogP contribution in [-0.4, -0.2) is 40.0 Å². The van der Waals surface area contributed by atoms with Crippen molar-refractivity contribution in [3.05, 3.63) is 46.2 Å². The fourth-order valence-corrected chi connectivity index (χ4v) is 3.44. The van der Waals surface area contributed by atoms with Gasteiger partial charge < -0.3 is 10.6 Å². The molecule has 1 aliphatic rings. The van der Waals surface area contributed by atoms with E-state index in [1.807, 2.05) is 23.7 Å². The minimum absolute atomic E-state index is 0.0239. The molecular weight excluding hydrogens is 370 g/mol. The number of hydrogen-bond donors (Lipinski definition) is 2. The SMILES string of the molecule is CC(Cc1cccc(Br)c1)NC(=O)c1cn(C2CCNCC2)nn1. The van der Waals surface area contributed by atoms with Crippen LogP contribution in [0, 0.1) is 0 Å². The zero-order valence-corrected chi connectivity index (χ0v) is 15.3. The van der Waals surface area contributed by atoms with E-state index in [0.29, 0.717) is 11.7 Å². The van der Waals surface area contributed by atoms with E-state index in [0.717, 1.165) is 36.8 Å². The molecule has 3 rings (SSSR count). The summed E-state index contributed by atoms with van der Waals surface area (Å²) in [6.07, 6.45) is 4.57. The van der Waals surface area contributed by atoms with Gasteiger partial charge in [-0.15, -0.1) is 5.10 Å². The Labute approximate surface area is 150 Å². The highest BCUT2D eigenvalue weighted by atomic mass is 79.9. The number of carbonyl (C=O) groups excluding carboxylic acids is 1. The molecule has 1 unspecified atom stereocenters. The van der Waals surface area contributed by atoms with E-state index in [2.05, 4.69) is 49.0 Å². The van der Waals surface area contributed by atoms with Crippen LogP contribution in [0.25, 0.3) is 0 Å². The first-order chi connectivity index (χ1) is 11.6. The van der Waals surface area contributed by atoms with Crippen LogP contribution in [0.1, 0.15) is 41.9 Å². The molecule has 2 heterocycles. The normalized spacial score (nSPS) is 16.8. The molecule has 128 valence electrons. The van der Waals surface area contributed by atoms with Crippen LogP contribution in [0.3, 0.4) is 0 Å². The lowest BCUT2D eigenvalue weighted by Crippen LogP contribution is -2.34. The van der Waals surface area contributed by atoms with Gasteiger partial charge in [0.15, 0.2) is 5.69 Å². The van der Waals surface area contributed by atoms with E-state index in [1.54, 1.807) is 6.20 Å². The molecule has 1 aromatic carbocycles. The molecule has 1 aromatic heterocycles. The number of nitrogens with one attached hydrogen (secondary N) is 2. The maximum Gasteiger partial charge on any atom is 0.273 e. The summed E-state index contributed by atoms with van der Waals surface area (Å²) in [6, 6.07) is 8.47. The molecule has 1 fully saturated rings. The van der Waals surface area contributed by atoms with Gasteiger partial charge in [0.05, 0.1) is 12.2 Å². The summed E-state index contributed by atoms with van der Waals surface area (Å²) < 4.78 is 2.87. The summed E-state index contributed by atoms with van der Waals surface area (Å²) in [5, 5.41) is 14.5. The van der Waals surface area contributed by atoms with Crippen molar-refractivity contribution < 1.29 is 4.79 Å². The molecule has 0 saturated carbocycles. The van der Waals surface area contributed by atoms with Crippen LogP contribution in [0.5, 0.6) is 0 Å². The Morgan fingerprint density at radius 3 is 3.00 bits per heavy atom. The lowest BCUT2D eigenvalue weighted by atomic mass is 10.1. The number of rotatable bonds is 5. The second kappa shape index (κ2) is 7.90. The van der Waals surface area contributed by atoms with E-state index in [9.17, 15) is 4.79 Å². The van der Waals surface area contributed by atoms with Crippen molar-refractivity contribution in [3.8, 4) is 0 Å². The summed E-state index contributed by atoms with van der Waals surface area (Å²) in [5.41, 5.74) is 1.56. The lowest BCUT2D eigenvalue weighted by molar-refractivity contribution is 0.0935. The number of carbonyl (C=O) groups is 1. The predicted octanol–water partition coefficient (Wildman–Crippen LogP) is 2.33. The van der Waals surface area contributed by atoms with Crippen LogP contribution < -0.4 is 10.6 Å². The van der Waals surface area contributed by atoms with Gasteiger partial charge in [-0.05, 0) is 57.0 Å². The second-order valence-electron chi connectivity index (χ2n) is 6.27. The molecule has 2 N–H and O–H groups in total. The number of amides is 1. The van der Waals surface area contributed by atoms with Gasteiger partial charge in [-0.2, -0.15) is 0 Å². The molecule has 1 atom stereocenters. The second-order valence-corrected chi connectivity index (χ2v) is 7.19. The Morgan fingerprint density at radius 2 is 2.25 bits per heavy atom. The van der Waals surface area contributed by atoms with E-state index in [-0.39, 0.29) is 11.9 Å². The average molecular weight is 392 g/mol. The summed E-state index contributed by atoms with van der Waals surface area (Å²) in [7, 11) is 0. The predicted molar refractivity (Wildman–Crippen MR) is 95.9 cm³/mol. The highest BCUT2D eigenvalue weighted by molar-refractivity contribution is 9.10. The first-order valence-corrected chi connectivity index (χ1v) is 9.09. The Kier molecular flexibility index (Phi) is 5.63. The third kappa shape index (κ3) is 4.42. The monoisotopic (exact) mass is 391 g/mol. The molecule has 0 bridgehead atoms. The van der Waals surface area contributed by atoms with E-state index in [4.69, 9.17) is 0 Å². The number of aromatic nitrogens is 3. The molecule has 1 saturated heterocycles. The molecule has 7 heteroatoms. The largest absolute Gasteiger partial charge is 0.348 e. The molecular formula is C17H22BrN5O. The van der Waals surface area contributed by atoms with Crippen LogP contribution in [0.2, 0.25) is 0 Å². The van der Waals surface area contributed by atoms with Gasteiger partial charge in [-0.1, -0.05) is 33.3 Å². The van der Waals surface area contributed by atoms with Crippen LogP contribution in [-0.2, 0) is 6.42 Å². The summed E-state index contributed by atoms with van der Waals surface area (Å²) in [6.45, 7) is 3.96. The van der Waals surface area contributed by atoms with Gasteiger partial charge in [0.1, 0.15) is 0 Å². The molecule has 24 heavy (non-hydrogen) atoms. The number of halogens is 1. The molecule has 1 aliphatic heterocycles. The Morgan fingerprint density at radius 1 is 1.46 bits per heavy atom. The topological polar surface area (TPSA) is 71.8 Å². The van der Waals surface area contributed by atoms with Crippen LogP contribution >= 0.6 is 15.9 Å². The van der Waals surface area contributed by atoms with Gasteiger partial charge in [0, 0.05) is 10.5 Å².